The standard InChI is InChI=1S/C28H18BrFN2O7/c29-19-11-22(34)25-18(26(19)35)10-17-15(23(25)12-1-8-21(33)20(30)9-12)6-7-16-24(17)28(37)31(27(16)36)13-2-4-14(5-3-13)32(38)39/h1-6,8-9,11,16-17,23-24,33H,7,10H2. The molecule has 4 atom stereocenters. The Balaban J connectivity index is 1.46. The number of benzene rings is 2. The van der Waals surface area contributed by atoms with E-state index in [9.17, 15) is 38.8 Å². The highest BCUT2D eigenvalue weighted by atomic mass is 79.9. The van der Waals surface area contributed by atoms with Gasteiger partial charge in [0, 0.05) is 35.3 Å². The molecule has 9 nitrogen and oxygen atoms in total. The third-order valence-corrected chi connectivity index (χ3v) is 8.54. The fourth-order valence-electron chi connectivity index (χ4n) is 6.27. The lowest BCUT2D eigenvalue weighted by atomic mass is 9.59. The van der Waals surface area contributed by atoms with Crippen LogP contribution in [0, 0.1) is 33.7 Å². The second-order valence-corrected chi connectivity index (χ2v) is 10.7. The summed E-state index contributed by atoms with van der Waals surface area (Å²) in [5.41, 5.74) is 1.38. The molecule has 2 aromatic carbocycles. The third kappa shape index (κ3) is 3.71. The number of allylic oxidation sites excluding steroid dienone is 6. The Morgan fingerprint density at radius 3 is 2.41 bits per heavy atom. The van der Waals surface area contributed by atoms with Crippen molar-refractivity contribution in [2.45, 2.75) is 18.8 Å². The van der Waals surface area contributed by atoms with Gasteiger partial charge in [0.15, 0.2) is 23.1 Å². The Labute approximate surface area is 228 Å². The molecule has 0 radical (unpaired) electrons. The topological polar surface area (TPSA) is 135 Å². The number of phenolic OH excluding ortho intramolecular Hbond substituents is 1. The number of carbonyl (C=O) groups is 4. The minimum absolute atomic E-state index is 0.0417. The number of Topliss-reactive ketones (excluding diaryl/α,β-unsaturated/α-hetero) is 1. The van der Waals surface area contributed by atoms with Crippen molar-refractivity contribution in [3.05, 3.63) is 97.3 Å². The third-order valence-electron chi connectivity index (χ3n) is 7.95. The maximum absolute atomic E-state index is 14.5. The first-order valence-electron chi connectivity index (χ1n) is 12.1. The van der Waals surface area contributed by atoms with Gasteiger partial charge in [-0.3, -0.25) is 34.2 Å². The first-order valence-corrected chi connectivity index (χ1v) is 12.9. The quantitative estimate of drug-likeness (QED) is 0.183. The minimum Gasteiger partial charge on any atom is -0.505 e. The number of non-ortho nitro benzene ring substituents is 1. The van der Waals surface area contributed by atoms with Crippen LogP contribution < -0.4 is 4.90 Å². The molecule has 0 saturated carbocycles. The second kappa shape index (κ2) is 8.91. The summed E-state index contributed by atoms with van der Waals surface area (Å²) in [6, 6.07) is 8.86. The fraction of sp³-hybridized carbons (Fsp3) is 0.214. The summed E-state index contributed by atoms with van der Waals surface area (Å²) >= 11 is 3.15. The number of amides is 2. The average Bonchev–Trinajstić information content (AvgIpc) is 3.17. The van der Waals surface area contributed by atoms with Crippen molar-refractivity contribution in [2.75, 3.05) is 4.90 Å². The average molecular weight is 593 g/mol. The number of rotatable bonds is 3. The van der Waals surface area contributed by atoms with Gasteiger partial charge >= 0.3 is 0 Å². The van der Waals surface area contributed by atoms with E-state index in [2.05, 4.69) is 15.9 Å². The molecule has 11 heteroatoms. The molecule has 1 heterocycles. The zero-order valence-corrected chi connectivity index (χ0v) is 21.6. The van der Waals surface area contributed by atoms with Crippen LogP contribution in [0.1, 0.15) is 24.3 Å². The molecular formula is C28H18BrFN2O7. The van der Waals surface area contributed by atoms with Gasteiger partial charge in [-0.25, -0.2) is 4.39 Å². The molecular weight excluding hydrogens is 575 g/mol. The number of nitro groups is 1. The highest BCUT2D eigenvalue weighted by molar-refractivity contribution is 9.12. The molecule has 196 valence electrons. The highest BCUT2D eigenvalue weighted by Crippen LogP contribution is 2.55. The number of anilines is 1. The Hall–Kier alpha value is -4.25. The lowest BCUT2D eigenvalue weighted by molar-refractivity contribution is -0.384. The predicted molar refractivity (Wildman–Crippen MR) is 138 cm³/mol. The zero-order chi connectivity index (χ0) is 27.7. The van der Waals surface area contributed by atoms with Crippen molar-refractivity contribution < 1.29 is 33.6 Å². The number of carbonyl (C=O) groups excluding carboxylic acids is 4. The highest BCUT2D eigenvalue weighted by Gasteiger charge is 2.56. The van der Waals surface area contributed by atoms with Crippen LogP contribution in [0.2, 0.25) is 0 Å². The molecule has 1 aliphatic heterocycles. The van der Waals surface area contributed by atoms with Crippen LogP contribution in [0.4, 0.5) is 15.8 Å². The van der Waals surface area contributed by atoms with E-state index in [0.29, 0.717) is 11.1 Å². The van der Waals surface area contributed by atoms with Crippen LogP contribution in [0.5, 0.6) is 5.75 Å². The molecule has 2 amide bonds. The number of halogens is 2. The predicted octanol–water partition coefficient (Wildman–Crippen LogP) is 4.41. The Kier molecular flexibility index (Phi) is 5.72. The van der Waals surface area contributed by atoms with Gasteiger partial charge in [-0.1, -0.05) is 17.7 Å². The van der Waals surface area contributed by atoms with E-state index in [1.807, 2.05) is 0 Å². The lowest BCUT2D eigenvalue weighted by Crippen LogP contribution is -2.39. The van der Waals surface area contributed by atoms with E-state index in [1.165, 1.54) is 42.5 Å². The monoisotopic (exact) mass is 592 g/mol. The Morgan fingerprint density at radius 2 is 1.74 bits per heavy atom. The molecule has 39 heavy (non-hydrogen) atoms. The number of hydrogen-bond donors (Lipinski definition) is 1. The number of imide groups is 1. The van der Waals surface area contributed by atoms with Crippen LogP contribution in [0.3, 0.4) is 0 Å². The smallest absolute Gasteiger partial charge is 0.269 e. The largest absolute Gasteiger partial charge is 0.505 e. The van der Waals surface area contributed by atoms with Crippen LogP contribution in [-0.2, 0) is 19.2 Å². The molecule has 2 aromatic rings. The molecule has 4 aliphatic rings. The van der Waals surface area contributed by atoms with E-state index in [1.54, 1.807) is 6.08 Å². The van der Waals surface area contributed by atoms with Crippen LogP contribution in [-0.4, -0.2) is 33.4 Å². The fourth-order valence-corrected chi connectivity index (χ4v) is 6.71. The maximum Gasteiger partial charge on any atom is 0.269 e. The van der Waals surface area contributed by atoms with Crippen molar-refractivity contribution in [3.63, 3.8) is 0 Å². The lowest BCUT2D eigenvalue weighted by Gasteiger charge is -2.42. The van der Waals surface area contributed by atoms with Gasteiger partial charge < -0.3 is 5.11 Å². The van der Waals surface area contributed by atoms with Crippen LogP contribution in [0.25, 0.3) is 0 Å². The van der Waals surface area contributed by atoms with Gasteiger partial charge in [-0.15, -0.1) is 0 Å². The van der Waals surface area contributed by atoms with Crippen molar-refractivity contribution in [2.24, 2.45) is 17.8 Å². The number of nitrogens with zero attached hydrogens (tertiary/aromatic N) is 2. The van der Waals surface area contributed by atoms with E-state index in [4.69, 9.17) is 0 Å². The molecule has 1 fully saturated rings. The van der Waals surface area contributed by atoms with Crippen molar-refractivity contribution in [1.29, 1.82) is 0 Å². The SMILES string of the molecule is O=C1C=C(Br)C(=O)C2=C1C(c1ccc(O)c(F)c1)C1=CCC3C(=O)N(c4ccc([N+](=O)[O-])cc4)C(=O)C3C1C2. The van der Waals surface area contributed by atoms with Crippen LogP contribution >= 0.6 is 15.9 Å². The summed E-state index contributed by atoms with van der Waals surface area (Å²) in [6.07, 6.45) is 3.20. The van der Waals surface area contributed by atoms with Gasteiger partial charge in [0.1, 0.15) is 0 Å². The number of aromatic hydroxyl groups is 1. The summed E-state index contributed by atoms with van der Waals surface area (Å²) in [5.74, 6) is -6.30. The van der Waals surface area contributed by atoms with Crippen molar-refractivity contribution in [3.8, 4) is 5.75 Å². The Bertz CT molecular complexity index is 1620. The summed E-state index contributed by atoms with van der Waals surface area (Å²) < 4.78 is 14.5. The summed E-state index contributed by atoms with van der Waals surface area (Å²) in [6.45, 7) is 0. The van der Waals surface area contributed by atoms with E-state index < -0.39 is 63.5 Å². The van der Waals surface area contributed by atoms with Gasteiger partial charge in [-0.05, 0) is 64.5 Å². The molecule has 1 saturated heterocycles. The van der Waals surface area contributed by atoms with E-state index >= 15 is 0 Å². The van der Waals surface area contributed by atoms with Crippen molar-refractivity contribution >= 4 is 50.7 Å². The number of ketones is 2. The summed E-state index contributed by atoms with van der Waals surface area (Å²) in [4.78, 5) is 65.1. The molecule has 0 spiro atoms. The van der Waals surface area contributed by atoms with Crippen LogP contribution in [0.15, 0.2) is 75.8 Å². The molecule has 4 unspecified atom stereocenters. The molecule has 1 N–H and O–H groups in total. The Morgan fingerprint density at radius 1 is 1.03 bits per heavy atom. The van der Waals surface area contributed by atoms with Crippen molar-refractivity contribution in [1.82, 2.24) is 0 Å². The second-order valence-electron chi connectivity index (χ2n) is 9.89. The number of nitro benzene ring substituents is 1. The molecule has 0 bridgehead atoms. The summed E-state index contributed by atoms with van der Waals surface area (Å²) in [7, 11) is 0. The number of fused-ring (bicyclic) bond motifs is 3. The first kappa shape index (κ1) is 25.1. The molecule has 3 aliphatic carbocycles. The molecule has 6 rings (SSSR count). The molecule has 0 aromatic heterocycles. The number of phenols is 1. The maximum atomic E-state index is 14.5. The first-order chi connectivity index (χ1) is 18.6. The van der Waals surface area contributed by atoms with Gasteiger partial charge in [0.2, 0.25) is 11.8 Å². The zero-order valence-electron chi connectivity index (χ0n) is 20.0. The van der Waals surface area contributed by atoms with Gasteiger partial charge in [0.05, 0.1) is 26.9 Å². The van der Waals surface area contributed by atoms with Gasteiger partial charge in [0.25, 0.3) is 5.69 Å². The van der Waals surface area contributed by atoms with E-state index in [-0.39, 0.29) is 39.8 Å². The normalized spacial score (nSPS) is 26.2. The van der Waals surface area contributed by atoms with Gasteiger partial charge in [-0.2, -0.15) is 0 Å². The van der Waals surface area contributed by atoms with E-state index in [0.717, 1.165) is 11.0 Å². The summed E-state index contributed by atoms with van der Waals surface area (Å²) in [5, 5.41) is 20.8. The number of hydrogen-bond acceptors (Lipinski definition) is 7. The minimum atomic E-state index is -0.895.